The zero-order valence-corrected chi connectivity index (χ0v) is 57.2. The fourth-order valence-corrected chi connectivity index (χ4v) is 12.3. The number of ether oxygens (including phenoxy) is 1. The molecular weight excluding hydrogens is 1030 g/mol. The summed E-state index contributed by atoms with van der Waals surface area (Å²) < 4.78 is 5.50. The molecule has 0 aliphatic carbocycles. The lowest BCUT2D eigenvalue weighted by Crippen LogP contribution is -2.45. The third kappa shape index (κ3) is 69.4. The standard InChI is InChI=1S/C78H151NO5/c1-3-5-7-9-11-13-15-17-19-21-22-23-30-33-36-39-42-46-50-54-58-62-66-70-76(81)75(74-80)79-77(82)71-67-63-59-55-51-47-43-40-37-34-31-28-26-24-25-27-29-32-35-38-41-45-49-53-57-61-65-69-73-84-78(83)72-68-64-60-56-52-48-44-20-18-16-14-12-10-8-6-4-2/h20,24-25,44,75-76,80-81H,3-19,21-23,26-43,45-74H2,1-2H3,(H,79,82)/b25-24-,44-20-. The highest BCUT2D eigenvalue weighted by Gasteiger charge is 2.20. The summed E-state index contributed by atoms with van der Waals surface area (Å²) in [6.45, 7) is 4.99. The Bertz CT molecular complexity index is 1320. The number of aliphatic hydroxyl groups excluding tert-OH is 2. The van der Waals surface area contributed by atoms with Gasteiger partial charge >= 0.3 is 5.97 Å². The lowest BCUT2D eigenvalue weighted by atomic mass is 10.0. The van der Waals surface area contributed by atoms with Crippen molar-refractivity contribution in [3.63, 3.8) is 0 Å². The lowest BCUT2D eigenvalue weighted by Gasteiger charge is -2.22. The molecular formula is C78H151NO5. The van der Waals surface area contributed by atoms with Crippen LogP contribution in [-0.2, 0) is 14.3 Å². The van der Waals surface area contributed by atoms with Crippen molar-refractivity contribution in [2.24, 2.45) is 0 Å². The highest BCUT2D eigenvalue weighted by atomic mass is 16.5. The maximum atomic E-state index is 12.6. The first-order valence-electron chi connectivity index (χ1n) is 38.6. The monoisotopic (exact) mass is 1180 g/mol. The molecule has 3 N–H and O–H groups in total. The summed E-state index contributed by atoms with van der Waals surface area (Å²) in [6.07, 6.45) is 93.9. The number of esters is 1. The van der Waals surface area contributed by atoms with Crippen LogP contribution in [0, 0.1) is 0 Å². The Morgan fingerprint density at radius 2 is 0.560 bits per heavy atom. The predicted octanol–water partition coefficient (Wildman–Crippen LogP) is 25.3. The molecule has 0 aliphatic rings. The molecule has 0 aliphatic heterocycles. The first-order valence-corrected chi connectivity index (χ1v) is 38.6. The average molecular weight is 1180 g/mol. The van der Waals surface area contributed by atoms with E-state index in [2.05, 4.69) is 43.5 Å². The zero-order chi connectivity index (χ0) is 60.6. The van der Waals surface area contributed by atoms with Crippen molar-refractivity contribution in [1.82, 2.24) is 5.32 Å². The molecule has 0 spiro atoms. The van der Waals surface area contributed by atoms with Crippen molar-refractivity contribution in [2.45, 2.75) is 450 Å². The molecule has 0 aromatic heterocycles. The molecule has 0 fully saturated rings. The maximum absolute atomic E-state index is 12.6. The van der Waals surface area contributed by atoms with Crippen LogP contribution in [0.3, 0.4) is 0 Å². The largest absolute Gasteiger partial charge is 0.466 e. The minimum Gasteiger partial charge on any atom is -0.466 e. The zero-order valence-electron chi connectivity index (χ0n) is 57.2. The van der Waals surface area contributed by atoms with Crippen molar-refractivity contribution in [3.8, 4) is 0 Å². The van der Waals surface area contributed by atoms with Gasteiger partial charge in [-0.3, -0.25) is 9.59 Å². The normalized spacial score (nSPS) is 12.6. The molecule has 0 saturated carbocycles. The van der Waals surface area contributed by atoms with Gasteiger partial charge in [-0.1, -0.05) is 372 Å². The average Bonchev–Trinajstić information content (AvgIpc) is 3.53. The van der Waals surface area contributed by atoms with Gasteiger partial charge in [-0.15, -0.1) is 0 Å². The number of allylic oxidation sites excluding steroid dienone is 4. The van der Waals surface area contributed by atoms with Gasteiger partial charge in [-0.25, -0.2) is 0 Å². The molecule has 6 nitrogen and oxygen atoms in total. The van der Waals surface area contributed by atoms with Crippen LogP contribution < -0.4 is 5.32 Å². The van der Waals surface area contributed by atoms with Crippen molar-refractivity contribution >= 4 is 11.9 Å². The van der Waals surface area contributed by atoms with Crippen LogP contribution in [0.5, 0.6) is 0 Å². The number of hydrogen-bond donors (Lipinski definition) is 3. The molecule has 0 aromatic carbocycles. The number of aliphatic hydroxyl groups is 2. The number of amides is 1. The van der Waals surface area contributed by atoms with Gasteiger partial charge in [0.15, 0.2) is 0 Å². The van der Waals surface area contributed by atoms with Gasteiger partial charge in [0.25, 0.3) is 0 Å². The second-order valence-electron chi connectivity index (χ2n) is 26.7. The van der Waals surface area contributed by atoms with Crippen LogP contribution in [0.2, 0.25) is 0 Å². The van der Waals surface area contributed by atoms with E-state index in [0.717, 1.165) is 44.9 Å². The van der Waals surface area contributed by atoms with Gasteiger partial charge < -0.3 is 20.3 Å². The summed E-state index contributed by atoms with van der Waals surface area (Å²) >= 11 is 0. The van der Waals surface area contributed by atoms with Crippen molar-refractivity contribution in [2.75, 3.05) is 13.2 Å². The number of rotatable bonds is 73. The van der Waals surface area contributed by atoms with E-state index in [1.54, 1.807) is 0 Å². The molecule has 498 valence electrons. The fraction of sp³-hybridized carbons (Fsp3) is 0.923. The van der Waals surface area contributed by atoms with E-state index in [-0.39, 0.29) is 18.5 Å². The topological polar surface area (TPSA) is 95.9 Å². The van der Waals surface area contributed by atoms with E-state index in [1.165, 1.54) is 360 Å². The maximum Gasteiger partial charge on any atom is 0.305 e. The van der Waals surface area contributed by atoms with Gasteiger partial charge in [0.2, 0.25) is 5.91 Å². The molecule has 0 rings (SSSR count). The summed E-state index contributed by atoms with van der Waals surface area (Å²) in [6, 6.07) is -0.543. The highest BCUT2D eigenvalue weighted by Crippen LogP contribution is 2.20. The quantitative estimate of drug-likeness (QED) is 0.0320. The summed E-state index contributed by atoms with van der Waals surface area (Å²) in [5.74, 6) is -0.0201. The Morgan fingerprint density at radius 3 is 0.845 bits per heavy atom. The predicted molar refractivity (Wildman–Crippen MR) is 370 cm³/mol. The number of carbonyl (C=O) groups excluding carboxylic acids is 2. The van der Waals surface area contributed by atoms with Gasteiger partial charge in [-0.05, 0) is 77.0 Å². The lowest BCUT2D eigenvalue weighted by molar-refractivity contribution is -0.143. The number of nitrogens with one attached hydrogen (secondary N) is 1. The fourth-order valence-electron chi connectivity index (χ4n) is 12.3. The molecule has 1 amide bonds. The third-order valence-electron chi connectivity index (χ3n) is 18.2. The third-order valence-corrected chi connectivity index (χ3v) is 18.2. The Kier molecular flexibility index (Phi) is 72.3. The molecule has 2 unspecified atom stereocenters. The van der Waals surface area contributed by atoms with E-state index in [9.17, 15) is 19.8 Å². The van der Waals surface area contributed by atoms with Gasteiger partial charge in [0.05, 0.1) is 25.4 Å². The van der Waals surface area contributed by atoms with Crippen LogP contribution in [0.15, 0.2) is 24.3 Å². The Labute approximate surface area is 526 Å². The minimum atomic E-state index is -0.666. The number of hydrogen-bond acceptors (Lipinski definition) is 5. The van der Waals surface area contributed by atoms with Crippen molar-refractivity contribution in [1.29, 1.82) is 0 Å². The van der Waals surface area contributed by atoms with E-state index in [1.807, 2.05) is 0 Å². The van der Waals surface area contributed by atoms with Crippen molar-refractivity contribution < 1.29 is 24.5 Å². The first kappa shape index (κ1) is 82.3. The van der Waals surface area contributed by atoms with E-state index >= 15 is 0 Å². The van der Waals surface area contributed by atoms with Crippen LogP contribution in [0.4, 0.5) is 0 Å². The Balaban J connectivity index is 3.38. The smallest absolute Gasteiger partial charge is 0.305 e. The van der Waals surface area contributed by atoms with Gasteiger partial charge in [0, 0.05) is 12.8 Å². The molecule has 84 heavy (non-hydrogen) atoms. The molecule has 0 radical (unpaired) electrons. The SMILES string of the molecule is CCCCCCCCC/C=C\CCCCCCCC(=O)OCCCCCCCCCCCCCC/C=C\CCCCCCCCCCCCCCC(=O)NC(CO)C(O)CCCCCCCCCCCCCCCCCCCCCCCCC. The summed E-state index contributed by atoms with van der Waals surface area (Å²) in [5.41, 5.74) is 0. The summed E-state index contributed by atoms with van der Waals surface area (Å²) in [5, 5.41) is 23.5. The Hall–Kier alpha value is -1.66. The number of unbranched alkanes of at least 4 members (excludes halogenated alkanes) is 58. The Morgan fingerprint density at radius 1 is 0.321 bits per heavy atom. The summed E-state index contributed by atoms with van der Waals surface area (Å²) in [4.78, 5) is 24.7. The van der Waals surface area contributed by atoms with Crippen LogP contribution in [-0.4, -0.2) is 47.4 Å². The van der Waals surface area contributed by atoms with Crippen LogP contribution in [0.25, 0.3) is 0 Å². The molecule has 0 heterocycles. The molecule has 6 heteroatoms. The second kappa shape index (κ2) is 73.8. The van der Waals surface area contributed by atoms with Gasteiger partial charge in [-0.2, -0.15) is 0 Å². The minimum absolute atomic E-state index is 0.00952. The first-order chi connectivity index (χ1) is 41.5. The van der Waals surface area contributed by atoms with E-state index in [0.29, 0.717) is 25.9 Å². The molecule has 2 atom stereocenters. The molecule has 0 aromatic rings. The van der Waals surface area contributed by atoms with E-state index < -0.39 is 12.1 Å². The highest BCUT2D eigenvalue weighted by molar-refractivity contribution is 5.76. The van der Waals surface area contributed by atoms with Crippen LogP contribution >= 0.6 is 0 Å². The van der Waals surface area contributed by atoms with Crippen LogP contribution in [0.1, 0.15) is 438 Å². The number of carbonyl (C=O) groups is 2. The van der Waals surface area contributed by atoms with E-state index in [4.69, 9.17) is 4.74 Å². The van der Waals surface area contributed by atoms with Crippen molar-refractivity contribution in [3.05, 3.63) is 24.3 Å². The summed E-state index contributed by atoms with van der Waals surface area (Å²) in [7, 11) is 0. The molecule has 0 bridgehead atoms. The molecule has 0 saturated heterocycles. The second-order valence-corrected chi connectivity index (χ2v) is 26.7. The van der Waals surface area contributed by atoms with Gasteiger partial charge in [0.1, 0.15) is 0 Å².